The van der Waals surface area contributed by atoms with Gasteiger partial charge in [0.15, 0.2) is 0 Å². The molecule has 2 aliphatic carbocycles. The summed E-state index contributed by atoms with van der Waals surface area (Å²) < 4.78 is 15.9. The number of benzene rings is 2. The topological polar surface area (TPSA) is 77.3 Å². The van der Waals surface area contributed by atoms with Crippen LogP contribution >= 0.6 is 11.6 Å². The van der Waals surface area contributed by atoms with Gasteiger partial charge < -0.3 is 9.64 Å². The largest absolute Gasteiger partial charge is 0.466 e. The van der Waals surface area contributed by atoms with Crippen molar-refractivity contribution < 1.29 is 15.7 Å². The van der Waals surface area contributed by atoms with E-state index in [1.54, 1.807) is 24.5 Å². The summed E-state index contributed by atoms with van der Waals surface area (Å²) in [4.78, 5) is 31.6. The minimum Gasteiger partial charge on any atom is -0.466 e. The van der Waals surface area contributed by atoms with Crippen molar-refractivity contribution in [2.45, 2.75) is 32.2 Å². The zero-order chi connectivity index (χ0) is 28.7. The van der Waals surface area contributed by atoms with Crippen molar-refractivity contribution in [1.82, 2.24) is 14.8 Å². The van der Waals surface area contributed by atoms with Crippen molar-refractivity contribution in [1.29, 1.82) is 0 Å². The Hall–Kier alpha value is -3.97. The summed E-state index contributed by atoms with van der Waals surface area (Å²) in [7, 11) is 3.22. The zero-order valence-electron chi connectivity index (χ0n) is 23.5. The number of aromatic nitrogens is 3. The predicted molar refractivity (Wildman–Crippen MR) is 157 cm³/mol. The number of fused-ring (bicyclic) bond motifs is 3. The average Bonchev–Trinajstić information content (AvgIpc) is 3.72. The minimum atomic E-state index is -1.08. The molecule has 0 aliphatic heterocycles. The third kappa shape index (κ3) is 5.13. The second-order valence-electron chi connectivity index (χ2n) is 10.7. The van der Waals surface area contributed by atoms with E-state index in [-0.39, 0.29) is 11.8 Å². The summed E-state index contributed by atoms with van der Waals surface area (Å²) in [6.07, 6.45) is 12.1. The third-order valence-electron chi connectivity index (χ3n) is 8.28. The smallest absolute Gasteiger partial charge is 0.330 e. The van der Waals surface area contributed by atoms with Crippen molar-refractivity contribution in [3.05, 3.63) is 83.3 Å². The summed E-state index contributed by atoms with van der Waals surface area (Å²) in [5.74, 6) is 0.235. The van der Waals surface area contributed by atoms with Gasteiger partial charge in [0.2, 0.25) is 5.91 Å². The number of rotatable bonds is 7. The van der Waals surface area contributed by atoms with Crippen LogP contribution in [0.25, 0.3) is 28.1 Å². The lowest BCUT2D eigenvalue weighted by molar-refractivity contribution is -0.134. The molecule has 6 rings (SSSR count). The van der Waals surface area contributed by atoms with Crippen molar-refractivity contribution in [3.63, 3.8) is 0 Å². The Balaban J connectivity index is 1.35. The number of hydrogen-bond donors (Lipinski definition) is 0. The summed E-state index contributed by atoms with van der Waals surface area (Å²) in [5.41, 5.74) is 4.59. The highest BCUT2D eigenvalue weighted by atomic mass is 35.5. The van der Waals surface area contributed by atoms with Crippen LogP contribution in [0, 0.1) is 17.8 Å². The molecule has 204 valence electrons. The van der Waals surface area contributed by atoms with Gasteiger partial charge in [0, 0.05) is 35.6 Å². The quantitative estimate of drug-likeness (QED) is 0.194. The lowest BCUT2D eigenvalue weighted by atomic mass is 9.87. The molecule has 2 bridgehead atoms. The maximum absolute atomic E-state index is 14.1. The van der Waals surface area contributed by atoms with Crippen molar-refractivity contribution >= 4 is 46.1 Å². The summed E-state index contributed by atoms with van der Waals surface area (Å²) >= 11 is 6.83. The highest BCUT2D eigenvalue weighted by molar-refractivity contribution is 6.31. The second kappa shape index (κ2) is 10.9. The van der Waals surface area contributed by atoms with Crippen LogP contribution < -0.4 is 4.90 Å². The van der Waals surface area contributed by atoms with E-state index in [0.717, 1.165) is 41.3 Å². The monoisotopic (exact) mass is 555 g/mol. The fraction of sp³-hybridized carbons (Fsp3) is 0.312. The van der Waals surface area contributed by atoms with Gasteiger partial charge >= 0.3 is 5.97 Å². The van der Waals surface area contributed by atoms with Crippen LogP contribution in [0.4, 0.5) is 5.69 Å². The molecule has 2 aromatic carbocycles. The molecule has 1 amide bonds. The average molecular weight is 556 g/mol. The Morgan fingerprint density at radius 3 is 2.70 bits per heavy atom. The molecule has 1 unspecified atom stereocenters. The number of anilines is 1. The Morgan fingerprint density at radius 1 is 1.12 bits per heavy atom. The first kappa shape index (κ1) is 25.0. The van der Waals surface area contributed by atoms with Crippen LogP contribution in [0.2, 0.25) is 5.02 Å². The number of nitrogens with zero attached hydrogens (tertiary/aromatic N) is 4. The van der Waals surface area contributed by atoms with Gasteiger partial charge in [0.25, 0.3) is 0 Å². The third-order valence-corrected chi connectivity index (χ3v) is 8.60. The number of aryl methyl sites for hydroxylation is 1. The lowest BCUT2D eigenvalue weighted by Gasteiger charge is -2.30. The summed E-state index contributed by atoms with van der Waals surface area (Å²) in [6.45, 7) is -1.08. The Kier molecular flexibility index (Phi) is 6.81. The molecular weight excluding hydrogens is 524 g/mol. The highest BCUT2D eigenvalue weighted by Crippen LogP contribution is 2.49. The summed E-state index contributed by atoms with van der Waals surface area (Å²) in [5, 5.41) is 5.76. The number of amides is 1. The molecule has 4 aromatic rings. The molecular formula is C32H31ClN4O3. The van der Waals surface area contributed by atoms with Gasteiger partial charge in [-0.15, -0.1) is 0 Å². The first-order chi connectivity index (χ1) is 19.8. The summed E-state index contributed by atoms with van der Waals surface area (Å²) in [6, 6.07) is 13.5. The molecule has 0 radical (unpaired) electrons. The highest BCUT2D eigenvalue weighted by Gasteiger charge is 2.44. The minimum absolute atomic E-state index is 0.0738. The SMILES string of the molecule is [2H]C(c1ccc(-c2ccc3c(cnn3C)c2)cc1Cl)N(C(=O)[C@@H]1C[C@@H]2CC[C@H]1C2)c1cncc(/C=C/C(=O)OC)c1. The van der Waals surface area contributed by atoms with E-state index in [1.807, 2.05) is 48.3 Å². The number of methoxy groups -OCH3 is 1. The molecule has 2 aromatic heterocycles. The fourth-order valence-electron chi connectivity index (χ4n) is 6.19. The molecule has 7 nitrogen and oxygen atoms in total. The predicted octanol–water partition coefficient (Wildman–Crippen LogP) is 6.44. The lowest BCUT2D eigenvalue weighted by Crippen LogP contribution is -2.38. The van der Waals surface area contributed by atoms with Crippen LogP contribution in [0.5, 0.6) is 0 Å². The van der Waals surface area contributed by atoms with Gasteiger partial charge in [-0.1, -0.05) is 36.2 Å². The first-order valence-electron chi connectivity index (χ1n) is 14.1. The van der Waals surface area contributed by atoms with E-state index in [4.69, 9.17) is 16.3 Å². The van der Waals surface area contributed by atoms with Crippen molar-refractivity contribution in [2.75, 3.05) is 12.0 Å². The van der Waals surface area contributed by atoms with Crippen LogP contribution in [-0.2, 0) is 27.9 Å². The van der Waals surface area contributed by atoms with Crippen LogP contribution in [0.1, 0.15) is 38.2 Å². The maximum Gasteiger partial charge on any atom is 0.330 e. The standard InChI is InChI=1S/C32H31ClN4O3/c1-36-30-9-8-22(14-26(30)17-35-36)23-6-7-25(29(33)15-23)19-37(32(39)28-13-20-3-5-24(28)11-20)27-12-21(16-34-18-27)4-10-31(38)40-2/h4,6-10,12,14-18,20,24,28H,3,5,11,13,19H2,1-2H3/b10-4+/t20-,24+,28-/m1/s1/i19D/t19?,20-,24+,28-. The number of hydrogen-bond acceptors (Lipinski definition) is 5. The number of pyridine rings is 1. The van der Waals surface area contributed by atoms with E-state index >= 15 is 0 Å². The number of esters is 1. The molecule has 4 atom stereocenters. The van der Waals surface area contributed by atoms with E-state index in [0.29, 0.717) is 33.7 Å². The van der Waals surface area contributed by atoms with Gasteiger partial charge in [-0.2, -0.15) is 5.10 Å². The van der Waals surface area contributed by atoms with E-state index in [1.165, 1.54) is 24.5 Å². The van der Waals surface area contributed by atoms with Gasteiger partial charge in [0.05, 0.1) is 38.6 Å². The van der Waals surface area contributed by atoms with E-state index in [2.05, 4.69) is 16.1 Å². The number of carbonyl (C=O) groups excluding carboxylic acids is 2. The molecule has 8 heteroatoms. The van der Waals surface area contributed by atoms with Crippen LogP contribution in [0.3, 0.4) is 0 Å². The number of halogens is 1. The number of ether oxygens (including phenoxy) is 1. The zero-order valence-corrected chi connectivity index (χ0v) is 23.2. The number of carbonyl (C=O) groups is 2. The maximum atomic E-state index is 14.1. The normalized spacial score (nSPS) is 21.1. The van der Waals surface area contributed by atoms with Crippen LogP contribution in [-0.4, -0.2) is 33.8 Å². The molecule has 2 heterocycles. The molecule has 0 spiro atoms. The van der Waals surface area contributed by atoms with Gasteiger partial charge in [-0.3, -0.25) is 14.5 Å². The molecule has 2 fully saturated rings. The Morgan fingerprint density at radius 2 is 1.95 bits per heavy atom. The molecule has 2 aliphatic rings. The molecule has 40 heavy (non-hydrogen) atoms. The second-order valence-corrected chi connectivity index (χ2v) is 11.1. The molecule has 2 saturated carbocycles. The van der Waals surface area contributed by atoms with Gasteiger partial charge in [-0.05, 0) is 83.7 Å². The van der Waals surface area contributed by atoms with Gasteiger partial charge in [0.1, 0.15) is 0 Å². The first-order valence-corrected chi connectivity index (χ1v) is 13.9. The molecule has 0 saturated heterocycles. The van der Waals surface area contributed by atoms with Crippen molar-refractivity contribution in [2.24, 2.45) is 24.8 Å². The Bertz CT molecular complexity index is 1670. The van der Waals surface area contributed by atoms with E-state index < -0.39 is 12.5 Å². The van der Waals surface area contributed by atoms with Crippen LogP contribution in [0.15, 0.2) is 67.1 Å². The van der Waals surface area contributed by atoms with Gasteiger partial charge in [-0.25, -0.2) is 4.79 Å². The van der Waals surface area contributed by atoms with E-state index in [9.17, 15) is 11.0 Å². The molecule has 0 N–H and O–H groups in total. The Labute approximate surface area is 239 Å². The fourth-order valence-corrected chi connectivity index (χ4v) is 6.41. The van der Waals surface area contributed by atoms with Crippen molar-refractivity contribution in [3.8, 4) is 11.1 Å².